The van der Waals surface area contributed by atoms with Crippen molar-refractivity contribution in [2.75, 3.05) is 6.61 Å². The number of nitrogens with one attached hydrogen (secondary N) is 1. The molecular weight excluding hydrogens is 216 g/mol. The lowest BCUT2D eigenvalue weighted by Crippen LogP contribution is -2.29. The number of aromatic amines is 1. The summed E-state index contributed by atoms with van der Waals surface area (Å²) in [5.41, 5.74) is -0.303. The highest BCUT2D eigenvalue weighted by Gasteiger charge is 2.13. The lowest BCUT2D eigenvalue weighted by atomic mass is 10.2. The summed E-state index contributed by atoms with van der Waals surface area (Å²) in [7, 11) is 0. The van der Waals surface area contributed by atoms with E-state index in [0.717, 1.165) is 0 Å². The molecule has 1 aromatic heterocycles. The summed E-state index contributed by atoms with van der Waals surface area (Å²) in [6.45, 7) is -0.519. The predicted octanol–water partition coefficient (Wildman–Crippen LogP) is -1.94. The molecule has 0 saturated carbocycles. The largest absolute Gasteiger partial charge is 0.394 e. The van der Waals surface area contributed by atoms with Crippen molar-refractivity contribution >= 4 is 6.29 Å². The number of aliphatic hydroxyl groups excluding tert-OH is 3. The van der Waals surface area contributed by atoms with E-state index in [1.807, 2.05) is 0 Å². The van der Waals surface area contributed by atoms with Crippen molar-refractivity contribution in [1.29, 1.82) is 0 Å². The van der Waals surface area contributed by atoms with Gasteiger partial charge in [-0.25, -0.2) is 9.78 Å². The van der Waals surface area contributed by atoms with Crippen LogP contribution in [0.3, 0.4) is 0 Å². The van der Waals surface area contributed by atoms with Gasteiger partial charge in [-0.05, 0) is 6.07 Å². The summed E-state index contributed by atoms with van der Waals surface area (Å²) in [6, 6.07) is 1.65. The summed E-state index contributed by atoms with van der Waals surface area (Å²) < 4.78 is 0. The first-order chi connectivity index (χ1) is 7.61. The zero-order valence-electron chi connectivity index (χ0n) is 8.48. The molecule has 0 aliphatic heterocycles. The highest BCUT2D eigenvalue weighted by atomic mass is 16.4. The topological polar surface area (TPSA) is 124 Å². The van der Waals surface area contributed by atoms with Crippen LogP contribution in [0.4, 0.5) is 0 Å². The molecular formula is C9H14N2O5. The van der Waals surface area contributed by atoms with Crippen molar-refractivity contribution in [1.82, 2.24) is 9.97 Å². The fraction of sp³-hybridized carbons (Fsp3) is 0.444. The minimum Gasteiger partial charge on any atom is -0.394 e. The van der Waals surface area contributed by atoms with E-state index in [-0.39, 0.29) is 12.1 Å². The highest BCUT2D eigenvalue weighted by Crippen LogP contribution is 1.94. The number of nitrogens with zero attached hydrogens (tertiary/aromatic N) is 1. The molecule has 0 unspecified atom stereocenters. The number of carbonyl (C=O) groups excluding carboxylic acids is 1. The monoisotopic (exact) mass is 230 g/mol. The minimum absolute atomic E-state index is 0.137. The average molecular weight is 230 g/mol. The van der Waals surface area contributed by atoms with Crippen LogP contribution < -0.4 is 5.69 Å². The summed E-state index contributed by atoms with van der Waals surface area (Å²) in [4.78, 5) is 25.5. The van der Waals surface area contributed by atoms with Crippen molar-refractivity contribution in [2.45, 2.75) is 18.6 Å². The van der Waals surface area contributed by atoms with Crippen LogP contribution >= 0.6 is 0 Å². The molecule has 0 aromatic carbocycles. The first-order valence-corrected chi connectivity index (χ1v) is 4.52. The van der Waals surface area contributed by atoms with E-state index < -0.39 is 18.8 Å². The summed E-state index contributed by atoms with van der Waals surface area (Å²) in [5.74, 6) is 0. The Hall–Kier alpha value is -1.57. The molecule has 2 atom stereocenters. The van der Waals surface area contributed by atoms with Gasteiger partial charge < -0.3 is 25.1 Å². The summed E-state index contributed by atoms with van der Waals surface area (Å²) >= 11 is 0. The third-order valence-electron chi connectivity index (χ3n) is 1.55. The minimum atomic E-state index is -1.20. The molecule has 1 aromatic rings. The number of hydrogen-bond donors (Lipinski definition) is 4. The number of hydrogen-bond acceptors (Lipinski definition) is 6. The number of aliphatic hydroxyl groups is 3. The van der Waals surface area contributed by atoms with Crippen molar-refractivity contribution in [3.05, 3.63) is 28.9 Å². The van der Waals surface area contributed by atoms with Crippen LogP contribution in [0, 0.1) is 0 Å². The molecule has 0 fully saturated rings. The Bertz CT molecular complexity index is 323. The number of aromatic nitrogens is 2. The van der Waals surface area contributed by atoms with E-state index in [1.165, 1.54) is 12.4 Å². The second-order valence-corrected chi connectivity index (χ2v) is 2.81. The van der Waals surface area contributed by atoms with Crippen LogP contribution in [0.2, 0.25) is 0 Å². The standard InChI is InChI=1S/C5H10O4.C4H4N2O/c6-2-1-4(8)5(9)3-7;7-4-5-2-1-3-6-4/h2,4-5,7-9H,1,3H2;1-3H,(H,5,6,7)/t4-,5+;/m0./s1. The molecule has 0 saturated heterocycles. The van der Waals surface area contributed by atoms with Gasteiger partial charge >= 0.3 is 5.69 Å². The maximum Gasteiger partial charge on any atom is 0.344 e. The normalized spacial score (nSPS) is 13.2. The lowest BCUT2D eigenvalue weighted by Gasteiger charge is -2.11. The Morgan fingerprint density at radius 2 is 2.12 bits per heavy atom. The van der Waals surface area contributed by atoms with Gasteiger partial charge in [-0.15, -0.1) is 0 Å². The van der Waals surface area contributed by atoms with Gasteiger partial charge in [0.2, 0.25) is 0 Å². The van der Waals surface area contributed by atoms with Gasteiger partial charge in [-0.3, -0.25) is 0 Å². The maximum atomic E-state index is 10.1. The van der Waals surface area contributed by atoms with Crippen molar-refractivity contribution in [2.24, 2.45) is 0 Å². The zero-order chi connectivity index (χ0) is 12.4. The molecule has 0 amide bonds. The summed E-state index contributed by atoms with van der Waals surface area (Å²) in [5, 5.41) is 25.5. The molecule has 4 N–H and O–H groups in total. The van der Waals surface area contributed by atoms with E-state index in [0.29, 0.717) is 6.29 Å². The highest BCUT2D eigenvalue weighted by molar-refractivity contribution is 5.50. The lowest BCUT2D eigenvalue weighted by molar-refractivity contribution is -0.111. The first kappa shape index (κ1) is 14.4. The van der Waals surface area contributed by atoms with Crippen LogP contribution in [-0.4, -0.2) is 50.4 Å². The number of carbonyl (C=O) groups is 1. The SMILES string of the molecule is O=CC[C@H](O)[C@H](O)CO.O=c1nccc[nH]1. The molecule has 1 heterocycles. The second-order valence-electron chi connectivity index (χ2n) is 2.81. The molecule has 0 aliphatic carbocycles. The van der Waals surface area contributed by atoms with Crippen LogP contribution in [0.1, 0.15) is 6.42 Å². The van der Waals surface area contributed by atoms with Gasteiger partial charge in [0.05, 0.1) is 12.7 Å². The molecule has 7 heteroatoms. The van der Waals surface area contributed by atoms with E-state index in [2.05, 4.69) is 9.97 Å². The molecule has 90 valence electrons. The van der Waals surface area contributed by atoms with E-state index in [9.17, 15) is 9.59 Å². The average Bonchev–Trinajstić information content (AvgIpc) is 2.30. The van der Waals surface area contributed by atoms with Gasteiger partial charge in [0.15, 0.2) is 0 Å². The third-order valence-corrected chi connectivity index (χ3v) is 1.55. The van der Waals surface area contributed by atoms with Crippen LogP contribution in [0.5, 0.6) is 0 Å². The molecule has 0 radical (unpaired) electrons. The Morgan fingerprint density at radius 3 is 2.44 bits per heavy atom. The molecule has 0 aliphatic rings. The number of aldehydes is 1. The third kappa shape index (κ3) is 6.82. The Morgan fingerprint density at radius 1 is 1.44 bits per heavy atom. The molecule has 7 nitrogen and oxygen atoms in total. The second kappa shape index (κ2) is 8.72. The quantitative estimate of drug-likeness (QED) is 0.446. The Kier molecular flexibility index (Phi) is 7.86. The van der Waals surface area contributed by atoms with E-state index in [4.69, 9.17) is 15.3 Å². The van der Waals surface area contributed by atoms with E-state index in [1.54, 1.807) is 6.07 Å². The molecule has 16 heavy (non-hydrogen) atoms. The summed E-state index contributed by atoms with van der Waals surface area (Å²) in [6.07, 6.45) is 1.00. The van der Waals surface area contributed by atoms with Gasteiger partial charge in [0.1, 0.15) is 12.4 Å². The van der Waals surface area contributed by atoms with E-state index >= 15 is 0 Å². The predicted molar refractivity (Wildman–Crippen MR) is 54.6 cm³/mol. The fourth-order valence-electron chi connectivity index (χ4n) is 0.688. The van der Waals surface area contributed by atoms with Gasteiger partial charge in [0.25, 0.3) is 0 Å². The van der Waals surface area contributed by atoms with Gasteiger partial charge in [0, 0.05) is 18.8 Å². The van der Waals surface area contributed by atoms with Crippen LogP contribution in [-0.2, 0) is 4.79 Å². The smallest absolute Gasteiger partial charge is 0.344 e. The molecule has 0 bridgehead atoms. The fourth-order valence-corrected chi connectivity index (χ4v) is 0.688. The molecule has 0 spiro atoms. The maximum absolute atomic E-state index is 10.1. The first-order valence-electron chi connectivity index (χ1n) is 4.52. The van der Waals surface area contributed by atoms with Gasteiger partial charge in [-0.2, -0.15) is 0 Å². The van der Waals surface area contributed by atoms with Crippen LogP contribution in [0.25, 0.3) is 0 Å². The molecule has 1 rings (SSSR count). The van der Waals surface area contributed by atoms with Crippen molar-refractivity contribution in [3.8, 4) is 0 Å². The van der Waals surface area contributed by atoms with Crippen molar-refractivity contribution in [3.63, 3.8) is 0 Å². The van der Waals surface area contributed by atoms with Crippen molar-refractivity contribution < 1.29 is 20.1 Å². The number of rotatable bonds is 4. The Labute approximate surface area is 91.4 Å². The number of H-pyrrole nitrogens is 1. The zero-order valence-corrected chi connectivity index (χ0v) is 8.48. The van der Waals surface area contributed by atoms with Gasteiger partial charge in [-0.1, -0.05) is 0 Å². The Balaban J connectivity index is 0.000000288. The van der Waals surface area contributed by atoms with Crippen LogP contribution in [0.15, 0.2) is 23.3 Å².